The summed E-state index contributed by atoms with van der Waals surface area (Å²) in [6.45, 7) is 2.87. The van der Waals surface area contributed by atoms with E-state index in [1.807, 2.05) is 6.07 Å². The molecule has 0 saturated heterocycles. The fourth-order valence-corrected chi connectivity index (χ4v) is 3.46. The van der Waals surface area contributed by atoms with Crippen LogP contribution in [0.4, 0.5) is 0 Å². The number of carboxylic acid groups (broad SMARTS) is 1. The number of aromatic carboxylic acids is 1. The van der Waals surface area contributed by atoms with Crippen LogP contribution in [0.5, 0.6) is 0 Å². The van der Waals surface area contributed by atoms with Crippen LogP contribution in [0.2, 0.25) is 0 Å². The van der Waals surface area contributed by atoms with Crippen LogP contribution in [0.3, 0.4) is 0 Å². The van der Waals surface area contributed by atoms with E-state index in [0.29, 0.717) is 17.6 Å². The maximum absolute atomic E-state index is 12.2. The summed E-state index contributed by atoms with van der Waals surface area (Å²) in [6.07, 6.45) is 5.90. The smallest absolute Gasteiger partial charge is 0.337 e. The van der Waals surface area contributed by atoms with Crippen molar-refractivity contribution in [1.82, 2.24) is 9.55 Å². The van der Waals surface area contributed by atoms with Gasteiger partial charge < -0.3 is 10.1 Å². The normalized spacial score (nSPS) is 18.0. The highest BCUT2D eigenvalue weighted by Crippen LogP contribution is 2.37. The molecule has 0 unspecified atom stereocenters. The van der Waals surface area contributed by atoms with Gasteiger partial charge in [-0.2, -0.15) is 0 Å². The van der Waals surface area contributed by atoms with E-state index in [1.165, 1.54) is 25.3 Å². The minimum atomic E-state index is -1.02. The number of rotatable bonds is 3. The topological polar surface area (TPSA) is 75.1 Å². The van der Waals surface area contributed by atoms with Crippen LogP contribution in [0.15, 0.2) is 23.0 Å². The monoisotopic (exact) mass is 288 g/mol. The number of para-hydroxylation sites is 1. The number of aromatic nitrogens is 2. The second-order valence-electron chi connectivity index (χ2n) is 6.39. The number of fused-ring (bicyclic) bond motifs is 1. The Balaban J connectivity index is 2.07. The van der Waals surface area contributed by atoms with Gasteiger partial charge in [0, 0.05) is 6.54 Å². The largest absolute Gasteiger partial charge is 0.478 e. The molecule has 0 atom stereocenters. The van der Waals surface area contributed by atoms with Crippen LogP contribution < -0.4 is 5.69 Å². The van der Waals surface area contributed by atoms with Crippen LogP contribution >= 0.6 is 0 Å². The minimum absolute atomic E-state index is 0.121. The van der Waals surface area contributed by atoms with Gasteiger partial charge in [-0.3, -0.25) is 4.57 Å². The Kier molecular flexibility index (Phi) is 3.35. The summed E-state index contributed by atoms with van der Waals surface area (Å²) < 4.78 is 1.70. The van der Waals surface area contributed by atoms with Crippen molar-refractivity contribution in [2.24, 2.45) is 5.41 Å². The highest BCUT2D eigenvalue weighted by Gasteiger charge is 2.28. The first-order valence-corrected chi connectivity index (χ1v) is 7.45. The third-order valence-electron chi connectivity index (χ3n) is 4.64. The molecule has 2 aromatic rings. The Hall–Kier alpha value is -2.04. The van der Waals surface area contributed by atoms with E-state index in [-0.39, 0.29) is 16.7 Å². The maximum Gasteiger partial charge on any atom is 0.337 e. The molecule has 5 nitrogen and oxygen atoms in total. The molecule has 2 N–H and O–H groups in total. The zero-order chi connectivity index (χ0) is 15.0. The molecule has 3 rings (SSSR count). The van der Waals surface area contributed by atoms with E-state index < -0.39 is 5.97 Å². The van der Waals surface area contributed by atoms with Gasteiger partial charge in [0.15, 0.2) is 0 Å². The summed E-state index contributed by atoms with van der Waals surface area (Å²) in [6, 6.07) is 5.03. The number of aromatic amines is 1. The van der Waals surface area contributed by atoms with Crippen molar-refractivity contribution in [3.8, 4) is 0 Å². The average molecular weight is 288 g/mol. The summed E-state index contributed by atoms with van der Waals surface area (Å²) in [5.41, 5.74) is 1.17. The molecule has 1 aliphatic rings. The van der Waals surface area contributed by atoms with Crippen LogP contribution in [0.1, 0.15) is 49.4 Å². The lowest BCUT2D eigenvalue weighted by atomic mass is 9.75. The van der Waals surface area contributed by atoms with Gasteiger partial charge in [-0.1, -0.05) is 32.3 Å². The number of hydrogen-bond acceptors (Lipinski definition) is 2. The van der Waals surface area contributed by atoms with Crippen molar-refractivity contribution >= 4 is 17.0 Å². The Morgan fingerprint density at radius 1 is 1.33 bits per heavy atom. The summed E-state index contributed by atoms with van der Waals surface area (Å²) in [7, 11) is 0. The van der Waals surface area contributed by atoms with Gasteiger partial charge in [0.25, 0.3) is 0 Å². The van der Waals surface area contributed by atoms with Gasteiger partial charge in [0.2, 0.25) is 0 Å². The number of hydrogen-bond donors (Lipinski definition) is 2. The number of H-pyrrole nitrogens is 1. The number of benzene rings is 1. The molecule has 1 aliphatic carbocycles. The fraction of sp³-hybridized carbons (Fsp3) is 0.500. The summed E-state index contributed by atoms with van der Waals surface area (Å²) in [5, 5.41) is 9.22. The highest BCUT2D eigenvalue weighted by atomic mass is 16.4. The first-order valence-electron chi connectivity index (χ1n) is 7.45. The van der Waals surface area contributed by atoms with Crippen molar-refractivity contribution in [3.05, 3.63) is 34.2 Å². The third-order valence-corrected chi connectivity index (χ3v) is 4.64. The minimum Gasteiger partial charge on any atom is -0.478 e. The van der Waals surface area contributed by atoms with Gasteiger partial charge in [0.1, 0.15) is 0 Å². The molecule has 112 valence electrons. The molecule has 0 spiro atoms. The second-order valence-corrected chi connectivity index (χ2v) is 6.39. The van der Waals surface area contributed by atoms with E-state index in [4.69, 9.17) is 0 Å². The first-order chi connectivity index (χ1) is 10.0. The standard InChI is InChI=1S/C16H20N2O3/c1-16(8-3-2-4-9-16)10-18-12-7-5-6-11(14(19)20)13(12)17-15(18)21/h5-7H,2-4,8-10H2,1H3,(H,17,21)(H,19,20). The summed E-state index contributed by atoms with van der Waals surface area (Å²) >= 11 is 0. The lowest BCUT2D eigenvalue weighted by Gasteiger charge is -2.33. The number of nitrogens with one attached hydrogen (secondary N) is 1. The number of nitrogens with zero attached hydrogens (tertiary/aromatic N) is 1. The molecular formula is C16H20N2O3. The Bertz CT molecular complexity index is 736. The van der Waals surface area contributed by atoms with Gasteiger partial charge in [-0.15, -0.1) is 0 Å². The van der Waals surface area contributed by atoms with Gasteiger partial charge in [0.05, 0.1) is 16.6 Å². The molecule has 0 amide bonds. The molecule has 1 heterocycles. The van der Waals surface area contributed by atoms with Crippen molar-refractivity contribution in [1.29, 1.82) is 0 Å². The van der Waals surface area contributed by atoms with Gasteiger partial charge >= 0.3 is 11.7 Å². The van der Waals surface area contributed by atoms with E-state index >= 15 is 0 Å². The van der Waals surface area contributed by atoms with Gasteiger partial charge in [-0.05, 0) is 30.4 Å². The Labute approximate surface area is 122 Å². The molecule has 0 radical (unpaired) electrons. The molecule has 5 heteroatoms. The van der Waals surface area contributed by atoms with Crippen molar-refractivity contribution in [2.75, 3.05) is 0 Å². The number of carboxylic acids is 1. The lowest BCUT2D eigenvalue weighted by Crippen LogP contribution is -2.30. The zero-order valence-corrected chi connectivity index (χ0v) is 12.2. The molecular weight excluding hydrogens is 268 g/mol. The lowest BCUT2D eigenvalue weighted by molar-refractivity contribution is 0.0699. The second kappa shape index (κ2) is 5.06. The van der Waals surface area contributed by atoms with Crippen LogP contribution in [0.25, 0.3) is 11.0 Å². The van der Waals surface area contributed by atoms with Gasteiger partial charge in [-0.25, -0.2) is 9.59 Å². The van der Waals surface area contributed by atoms with Crippen molar-refractivity contribution in [3.63, 3.8) is 0 Å². The summed E-state index contributed by atoms with van der Waals surface area (Å²) in [5.74, 6) is -1.02. The average Bonchev–Trinajstić information content (AvgIpc) is 2.75. The van der Waals surface area contributed by atoms with E-state index in [2.05, 4.69) is 11.9 Å². The maximum atomic E-state index is 12.2. The van der Waals surface area contributed by atoms with Crippen molar-refractivity contribution < 1.29 is 9.90 Å². The SMILES string of the molecule is CC1(Cn2c(=O)[nH]c3c(C(=O)O)cccc32)CCCCC1. The Morgan fingerprint density at radius 2 is 2.05 bits per heavy atom. The fourth-order valence-electron chi connectivity index (χ4n) is 3.46. The predicted molar refractivity (Wildman–Crippen MR) is 80.7 cm³/mol. The first kappa shape index (κ1) is 13.9. The van der Waals surface area contributed by atoms with Crippen LogP contribution in [0, 0.1) is 5.41 Å². The molecule has 0 bridgehead atoms. The number of imidazole rings is 1. The molecule has 1 aromatic carbocycles. The van der Waals surface area contributed by atoms with E-state index in [9.17, 15) is 14.7 Å². The van der Waals surface area contributed by atoms with Crippen molar-refractivity contribution in [2.45, 2.75) is 45.6 Å². The molecule has 1 fully saturated rings. The highest BCUT2D eigenvalue weighted by molar-refractivity contribution is 6.00. The number of carbonyl (C=O) groups is 1. The molecule has 21 heavy (non-hydrogen) atoms. The van der Waals surface area contributed by atoms with Crippen LogP contribution in [-0.4, -0.2) is 20.6 Å². The molecule has 1 saturated carbocycles. The van der Waals surface area contributed by atoms with Crippen LogP contribution in [-0.2, 0) is 6.54 Å². The Morgan fingerprint density at radius 3 is 2.71 bits per heavy atom. The van der Waals surface area contributed by atoms with E-state index in [0.717, 1.165) is 12.8 Å². The quantitative estimate of drug-likeness (QED) is 0.911. The zero-order valence-electron chi connectivity index (χ0n) is 12.2. The van der Waals surface area contributed by atoms with E-state index in [1.54, 1.807) is 10.6 Å². The summed E-state index contributed by atoms with van der Waals surface area (Å²) in [4.78, 5) is 26.2. The third kappa shape index (κ3) is 2.48. The predicted octanol–water partition coefficient (Wildman–Crippen LogP) is 3.00. The molecule has 0 aliphatic heterocycles. The molecule has 1 aromatic heterocycles.